The number of anilines is 2. The molecule has 4 rings (SSSR count). The van der Waals surface area contributed by atoms with Crippen molar-refractivity contribution in [3.8, 4) is 0 Å². The molecule has 1 atom stereocenters. The van der Waals surface area contributed by atoms with Crippen molar-refractivity contribution in [2.24, 2.45) is 0 Å². The van der Waals surface area contributed by atoms with E-state index < -0.39 is 0 Å². The number of nitrogens with zero attached hydrogens (tertiary/aromatic N) is 4. The minimum absolute atomic E-state index is 0.349. The molecule has 1 aliphatic rings. The first-order chi connectivity index (χ1) is 13.6. The maximum absolute atomic E-state index is 4.89. The zero-order valence-electron chi connectivity index (χ0n) is 16.8. The summed E-state index contributed by atoms with van der Waals surface area (Å²) in [6.07, 6.45) is 2.35. The van der Waals surface area contributed by atoms with Crippen molar-refractivity contribution in [1.82, 2.24) is 19.9 Å². The summed E-state index contributed by atoms with van der Waals surface area (Å²) in [5, 5.41) is 3.27. The van der Waals surface area contributed by atoms with Crippen LogP contribution < -0.4 is 5.32 Å². The monoisotopic (exact) mass is 373 g/mol. The molecule has 1 fully saturated rings. The minimum Gasteiger partial charge on any atom is -0.309 e. The van der Waals surface area contributed by atoms with E-state index in [0.717, 1.165) is 42.4 Å². The SMILES string of the molecule is Cc1cc(C)nc(Nc2cccc([C@@H]3CCCN3Cc3ccccc3C)n2)n1. The molecule has 5 nitrogen and oxygen atoms in total. The third-order valence-corrected chi connectivity index (χ3v) is 5.33. The van der Waals surface area contributed by atoms with Crippen LogP contribution in [0.1, 0.15) is 47.1 Å². The second kappa shape index (κ2) is 8.07. The van der Waals surface area contributed by atoms with E-state index in [1.54, 1.807) is 0 Å². The molecule has 3 heterocycles. The van der Waals surface area contributed by atoms with E-state index in [1.807, 2.05) is 26.0 Å². The average molecular weight is 374 g/mol. The largest absolute Gasteiger partial charge is 0.309 e. The van der Waals surface area contributed by atoms with Gasteiger partial charge in [0.05, 0.1) is 11.7 Å². The van der Waals surface area contributed by atoms with Gasteiger partial charge in [0.2, 0.25) is 5.95 Å². The molecule has 0 aliphatic carbocycles. The van der Waals surface area contributed by atoms with Crippen LogP contribution >= 0.6 is 0 Å². The quantitative estimate of drug-likeness (QED) is 0.691. The van der Waals surface area contributed by atoms with Gasteiger partial charge in [0, 0.05) is 17.9 Å². The highest BCUT2D eigenvalue weighted by Crippen LogP contribution is 2.33. The Morgan fingerprint density at radius 3 is 2.54 bits per heavy atom. The third-order valence-electron chi connectivity index (χ3n) is 5.33. The summed E-state index contributed by atoms with van der Waals surface area (Å²) >= 11 is 0. The third kappa shape index (κ3) is 4.20. The number of aromatic nitrogens is 3. The lowest BCUT2D eigenvalue weighted by molar-refractivity contribution is 0.244. The predicted octanol–water partition coefficient (Wildman–Crippen LogP) is 4.88. The highest BCUT2D eigenvalue weighted by Gasteiger charge is 2.27. The molecule has 1 N–H and O–H groups in total. The normalized spacial score (nSPS) is 17.0. The molecule has 0 saturated carbocycles. The topological polar surface area (TPSA) is 53.9 Å². The summed E-state index contributed by atoms with van der Waals surface area (Å²) in [7, 11) is 0. The van der Waals surface area contributed by atoms with Gasteiger partial charge in [0.15, 0.2) is 0 Å². The number of likely N-dealkylation sites (tertiary alicyclic amines) is 1. The van der Waals surface area contributed by atoms with Gasteiger partial charge >= 0.3 is 0 Å². The average Bonchev–Trinajstić information content (AvgIpc) is 3.11. The molecule has 1 aliphatic heterocycles. The van der Waals surface area contributed by atoms with Crippen LogP contribution in [0.3, 0.4) is 0 Å². The van der Waals surface area contributed by atoms with Crippen molar-refractivity contribution in [3.63, 3.8) is 0 Å². The second-order valence-corrected chi connectivity index (χ2v) is 7.60. The Hall–Kier alpha value is -2.79. The fourth-order valence-corrected chi connectivity index (χ4v) is 3.96. The first-order valence-electron chi connectivity index (χ1n) is 9.93. The molecule has 5 heteroatoms. The van der Waals surface area contributed by atoms with Crippen molar-refractivity contribution in [1.29, 1.82) is 0 Å². The van der Waals surface area contributed by atoms with Crippen molar-refractivity contribution in [3.05, 3.63) is 76.7 Å². The maximum Gasteiger partial charge on any atom is 0.228 e. The van der Waals surface area contributed by atoms with E-state index in [2.05, 4.69) is 63.5 Å². The number of pyridine rings is 1. The van der Waals surface area contributed by atoms with E-state index >= 15 is 0 Å². The van der Waals surface area contributed by atoms with Crippen LogP contribution in [-0.4, -0.2) is 26.4 Å². The molecule has 0 bridgehead atoms. The number of hydrogen-bond acceptors (Lipinski definition) is 5. The van der Waals surface area contributed by atoms with Gasteiger partial charge in [-0.3, -0.25) is 4.90 Å². The molecular formula is C23H27N5. The van der Waals surface area contributed by atoms with Crippen LogP contribution in [0, 0.1) is 20.8 Å². The smallest absolute Gasteiger partial charge is 0.228 e. The lowest BCUT2D eigenvalue weighted by Crippen LogP contribution is -2.24. The highest BCUT2D eigenvalue weighted by atomic mass is 15.2. The van der Waals surface area contributed by atoms with Crippen molar-refractivity contribution in [2.45, 2.75) is 46.2 Å². The van der Waals surface area contributed by atoms with Gasteiger partial charge < -0.3 is 5.32 Å². The molecule has 2 aromatic heterocycles. The van der Waals surface area contributed by atoms with Gasteiger partial charge in [-0.05, 0) is 69.5 Å². The Kier molecular flexibility index (Phi) is 5.35. The highest BCUT2D eigenvalue weighted by molar-refractivity contribution is 5.48. The van der Waals surface area contributed by atoms with Crippen LogP contribution in [0.2, 0.25) is 0 Å². The second-order valence-electron chi connectivity index (χ2n) is 7.60. The number of nitrogens with one attached hydrogen (secondary N) is 1. The summed E-state index contributed by atoms with van der Waals surface area (Å²) in [6, 6.07) is 17.1. The lowest BCUT2D eigenvalue weighted by atomic mass is 10.1. The van der Waals surface area contributed by atoms with Gasteiger partial charge in [-0.1, -0.05) is 30.3 Å². The van der Waals surface area contributed by atoms with Crippen LogP contribution in [0.25, 0.3) is 0 Å². The molecule has 1 aromatic carbocycles. The molecule has 28 heavy (non-hydrogen) atoms. The van der Waals surface area contributed by atoms with Gasteiger partial charge in [-0.25, -0.2) is 15.0 Å². The Morgan fingerprint density at radius 2 is 1.75 bits per heavy atom. The van der Waals surface area contributed by atoms with Crippen molar-refractivity contribution >= 4 is 11.8 Å². The number of benzene rings is 1. The van der Waals surface area contributed by atoms with Gasteiger partial charge in [-0.2, -0.15) is 0 Å². The summed E-state index contributed by atoms with van der Waals surface area (Å²) in [6.45, 7) is 8.22. The van der Waals surface area contributed by atoms with Gasteiger partial charge in [-0.15, -0.1) is 0 Å². The Bertz CT molecular complexity index is 948. The van der Waals surface area contributed by atoms with Crippen LogP contribution in [-0.2, 0) is 6.54 Å². The number of aryl methyl sites for hydroxylation is 3. The van der Waals surface area contributed by atoms with Crippen molar-refractivity contribution in [2.75, 3.05) is 11.9 Å². The van der Waals surface area contributed by atoms with Gasteiger partial charge in [0.1, 0.15) is 5.82 Å². The van der Waals surface area contributed by atoms with Crippen molar-refractivity contribution < 1.29 is 0 Å². The molecule has 0 radical (unpaired) electrons. The first-order valence-corrected chi connectivity index (χ1v) is 9.93. The van der Waals surface area contributed by atoms with Gasteiger partial charge in [0.25, 0.3) is 0 Å². The summed E-state index contributed by atoms with van der Waals surface area (Å²) in [5.74, 6) is 1.40. The molecule has 0 unspecified atom stereocenters. The summed E-state index contributed by atoms with van der Waals surface area (Å²) < 4.78 is 0. The fourth-order valence-electron chi connectivity index (χ4n) is 3.96. The molecular weight excluding hydrogens is 346 g/mol. The molecule has 3 aromatic rings. The predicted molar refractivity (Wildman–Crippen MR) is 113 cm³/mol. The van der Waals surface area contributed by atoms with E-state index in [9.17, 15) is 0 Å². The Morgan fingerprint density at radius 1 is 0.964 bits per heavy atom. The first kappa shape index (κ1) is 18.6. The number of rotatable bonds is 5. The van der Waals surface area contributed by atoms with Crippen LogP contribution in [0.4, 0.5) is 11.8 Å². The molecule has 144 valence electrons. The Labute approximate surface area is 166 Å². The lowest BCUT2D eigenvalue weighted by Gasteiger charge is -2.25. The minimum atomic E-state index is 0.349. The van der Waals surface area contributed by atoms with Crippen LogP contribution in [0.15, 0.2) is 48.5 Å². The maximum atomic E-state index is 4.89. The summed E-state index contributed by atoms with van der Waals surface area (Å²) in [4.78, 5) is 16.4. The van der Waals surface area contributed by atoms with E-state index in [1.165, 1.54) is 17.5 Å². The van der Waals surface area contributed by atoms with E-state index in [4.69, 9.17) is 4.98 Å². The fraction of sp³-hybridized carbons (Fsp3) is 0.348. The van der Waals surface area contributed by atoms with E-state index in [0.29, 0.717) is 12.0 Å². The molecule has 1 saturated heterocycles. The zero-order valence-corrected chi connectivity index (χ0v) is 16.8. The summed E-state index contributed by atoms with van der Waals surface area (Å²) in [5.41, 5.74) is 5.76. The van der Waals surface area contributed by atoms with Crippen LogP contribution in [0.5, 0.6) is 0 Å². The van der Waals surface area contributed by atoms with E-state index in [-0.39, 0.29) is 0 Å². The Balaban J connectivity index is 1.53. The standard InChI is InChI=1S/C23H27N5/c1-16-8-4-5-9-19(16)15-28-13-7-11-21(28)20-10-6-12-22(26-20)27-23-24-17(2)14-18(3)25-23/h4-6,8-10,12,14,21H,7,11,13,15H2,1-3H3,(H,24,25,26,27)/t21-/m0/s1. The zero-order chi connectivity index (χ0) is 19.5. The molecule has 0 spiro atoms. The molecule has 0 amide bonds. The number of hydrogen-bond donors (Lipinski definition) is 1.